The number of aliphatic hydroxyl groups is 4. The highest BCUT2D eigenvalue weighted by atomic mass is 16.3. The van der Waals surface area contributed by atoms with Crippen molar-refractivity contribution in [2.45, 2.75) is 105 Å². The van der Waals surface area contributed by atoms with Gasteiger partial charge in [-0.3, -0.25) is 19.2 Å². The number of hydrogen-bond acceptors (Lipinski definition) is 8. The van der Waals surface area contributed by atoms with Crippen LogP contribution in [0.1, 0.15) is 165 Å². The lowest BCUT2D eigenvalue weighted by Crippen LogP contribution is -2.42. The van der Waals surface area contributed by atoms with E-state index in [2.05, 4.69) is 55.4 Å². The van der Waals surface area contributed by atoms with Crippen molar-refractivity contribution in [1.82, 2.24) is 0 Å². The van der Waals surface area contributed by atoms with Gasteiger partial charge in [-0.1, -0.05) is 189 Å². The Morgan fingerprint density at radius 1 is 0.278 bits per heavy atom. The van der Waals surface area contributed by atoms with Gasteiger partial charge >= 0.3 is 0 Å². The number of imide groups is 2. The molecule has 0 saturated heterocycles. The molecule has 0 spiro atoms. The van der Waals surface area contributed by atoms with E-state index >= 15 is 19.2 Å². The highest BCUT2D eigenvalue weighted by Crippen LogP contribution is 2.57. The van der Waals surface area contributed by atoms with Crippen LogP contribution in [-0.2, 0) is 25.7 Å². The third-order valence-corrected chi connectivity index (χ3v) is 18.8. The molecule has 90 heavy (non-hydrogen) atoms. The molecule has 4 N–H and O–H groups in total. The van der Waals surface area contributed by atoms with Gasteiger partial charge in [0, 0.05) is 70.2 Å². The van der Waals surface area contributed by atoms with Gasteiger partial charge in [-0.05, 0) is 184 Å². The van der Waals surface area contributed by atoms with Crippen molar-refractivity contribution in [2.75, 3.05) is 36.2 Å². The molecule has 4 amide bonds. The second-order valence-electron chi connectivity index (χ2n) is 25.6. The molecule has 11 aromatic carbocycles. The van der Waals surface area contributed by atoms with E-state index in [-0.39, 0.29) is 50.1 Å². The predicted molar refractivity (Wildman–Crippen MR) is 364 cm³/mol. The second kappa shape index (κ2) is 23.7. The zero-order valence-electron chi connectivity index (χ0n) is 52.3. The number of carbonyl (C=O) groups is 4. The van der Waals surface area contributed by atoms with Crippen molar-refractivity contribution in [3.63, 3.8) is 0 Å². The van der Waals surface area contributed by atoms with Crippen molar-refractivity contribution in [2.24, 2.45) is 0 Å². The van der Waals surface area contributed by atoms with Crippen LogP contribution in [0.5, 0.6) is 0 Å². The SMILES string of the molecule is CC(C)c1cccc(C(C)C)c1N1C(=O)c2cc(-c3ccc(CCO)cc3)c3c4c(-c5ccc(CCO)cc5)cc5c6c(cc(-c7ccc(CCO)cc7)c(c7c(-c8ccc(CCO)cc8)cc(c2c37)C1=O)c64)C(=O)N(c1c(C(C)C)cccc1C(C)C)C5=O. The van der Waals surface area contributed by atoms with Gasteiger partial charge in [0.2, 0.25) is 0 Å². The fourth-order valence-corrected chi connectivity index (χ4v) is 14.4. The van der Waals surface area contributed by atoms with Gasteiger partial charge in [0.05, 0.1) is 11.4 Å². The van der Waals surface area contributed by atoms with E-state index in [1.165, 1.54) is 9.80 Å². The van der Waals surface area contributed by atoms with Crippen LogP contribution in [-0.4, -0.2) is 70.5 Å². The minimum absolute atomic E-state index is 0.0533. The van der Waals surface area contributed by atoms with E-state index in [0.717, 1.165) is 66.8 Å². The highest BCUT2D eigenvalue weighted by Gasteiger charge is 2.43. The molecule has 0 atom stereocenters. The van der Waals surface area contributed by atoms with Crippen LogP contribution in [0.25, 0.3) is 87.6 Å². The van der Waals surface area contributed by atoms with Crippen molar-refractivity contribution < 1.29 is 39.6 Å². The number of rotatable bonds is 18. The molecule has 0 saturated carbocycles. The van der Waals surface area contributed by atoms with E-state index in [0.29, 0.717) is 125 Å². The van der Waals surface area contributed by atoms with Crippen LogP contribution in [0.4, 0.5) is 11.4 Å². The lowest BCUT2D eigenvalue weighted by atomic mass is 9.74. The lowest BCUT2D eigenvalue weighted by molar-refractivity contribution is 0.0877. The molecule has 11 aromatic rings. The zero-order valence-corrected chi connectivity index (χ0v) is 52.3. The summed E-state index contributed by atoms with van der Waals surface area (Å²) in [5.74, 6) is -2.09. The minimum Gasteiger partial charge on any atom is -0.396 e. The van der Waals surface area contributed by atoms with Gasteiger partial charge in [-0.2, -0.15) is 0 Å². The Kier molecular flexibility index (Phi) is 15.7. The van der Waals surface area contributed by atoms with Crippen molar-refractivity contribution >= 4 is 78.1 Å². The summed E-state index contributed by atoms with van der Waals surface area (Å²) in [5, 5.41) is 45.9. The molecule has 2 aliphatic rings. The number of para-hydroxylation sites is 2. The molecule has 0 aliphatic carbocycles. The summed E-state index contributed by atoms with van der Waals surface area (Å²) >= 11 is 0. The standard InChI is InChI=1S/C80H74N2O8/c1-43(2)55-11-9-12-56(44(3)4)75(55)81-77(87)63-39-59(51-23-15-47(16-24-51)31-35-83)69-71-61(53-27-19-49(20-28-53)33-37-85)41-65-68-66(80(90)82(79(65)89)76-57(45(5)6)13-10-14-58(76)46(7)8)42-62(54-29-21-50(22-30-54)34-38-86)72(74(68)71)70-60(40-64(78(81)88)67(63)73(69)70)52-25-17-48(18-26-52)32-36-84/h9-30,39-46,83-86H,31-38H2,1-8H3. The summed E-state index contributed by atoms with van der Waals surface area (Å²) in [7, 11) is 0. The number of nitrogens with zero attached hydrogens (tertiary/aromatic N) is 2. The first kappa shape index (κ1) is 59.8. The topological polar surface area (TPSA) is 156 Å². The Balaban J connectivity index is 1.31. The van der Waals surface area contributed by atoms with Gasteiger partial charge < -0.3 is 20.4 Å². The molecule has 10 heteroatoms. The number of benzene rings is 11. The predicted octanol–water partition coefficient (Wildman–Crippen LogP) is 16.6. The smallest absolute Gasteiger partial charge is 0.266 e. The van der Waals surface area contributed by atoms with Crippen molar-refractivity contribution in [1.29, 1.82) is 0 Å². The number of fused-ring (bicyclic) bond motifs is 2. The lowest BCUT2D eigenvalue weighted by Gasteiger charge is -2.35. The summed E-state index contributed by atoms with van der Waals surface area (Å²) in [6, 6.07) is 52.0. The molecule has 13 rings (SSSR count). The average molecular weight is 1190 g/mol. The quantitative estimate of drug-likeness (QED) is 0.0376. The van der Waals surface area contributed by atoms with Gasteiger partial charge in [-0.25, -0.2) is 9.80 Å². The van der Waals surface area contributed by atoms with E-state index in [1.54, 1.807) is 0 Å². The Labute approximate surface area is 525 Å². The molecule has 0 radical (unpaired) electrons. The molecular weight excluding hydrogens is 1120 g/mol. The van der Waals surface area contributed by atoms with Crippen LogP contribution in [0.2, 0.25) is 0 Å². The first-order valence-corrected chi connectivity index (χ1v) is 31.7. The number of carbonyl (C=O) groups excluding carboxylic acids is 4. The van der Waals surface area contributed by atoms with Crippen LogP contribution in [0.3, 0.4) is 0 Å². The Bertz CT molecular complexity index is 4130. The largest absolute Gasteiger partial charge is 0.396 e. The molecule has 0 aromatic heterocycles. The van der Waals surface area contributed by atoms with Crippen molar-refractivity contribution in [3.8, 4) is 44.5 Å². The van der Waals surface area contributed by atoms with E-state index in [4.69, 9.17) is 0 Å². The number of amides is 4. The van der Waals surface area contributed by atoms with Crippen LogP contribution < -0.4 is 9.80 Å². The van der Waals surface area contributed by atoms with Crippen LogP contribution in [0, 0.1) is 0 Å². The molecule has 2 heterocycles. The highest BCUT2D eigenvalue weighted by molar-refractivity contribution is 6.50. The molecule has 0 unspecified atom stereocenters. The van der Waals surface area contributed by atoms with E-state index in [1.807, 2.05) is 158 Å². The molecule has 2 aliphatic heterocycles. The fourth-order valence-electron chi connectivity index (χ4n) is 14.4. The monoisotopic (exact) mass is 1190 g/mol. The first-order valence-electron chi connectivity index (χ1n) is 31.7. The molecule has 0 bridgehead atoms. The maximum absolute atomic E-state index is 16.5. The summed E-state index contributed by atoms with van der Waals surface area (Å²) in [4.78, 5) is 68.8. The Morgan fingerprint density at radius 2 is 0.489 bits per heavy atom. The summed E-state index contributed by atoms with van der Waals surface area (Å²) in [6.45, 7) is 16.4. The van der Waals surface area contributed by atoms with Crippen LogP contribution in [0.15, 0.2) is 158 Å². The molecule has 452 valence electrons. The van der Waals surface area contributed by atoms with E-state index < -0.39 is 23.6 Å². The van der Waals surface area contributed by atoms with Gasteiger partial charge in [0.15, 0.2) is 0 Å². The first-order chi connectivity index (χ1) is 43.5. The second-order valence-corrected chi connectivity index (χ2v) is 25.6. The summed E-state index contributed by atoms with van der Waals surface area (Å²) < 4.78 is 0. The molecular formula is C80H74N2O8. The molecule has 10 nitrogen and oxygen atoms in total. The third kappa shape index (κ3) is 9.62. The Hall–Kier alpha value is -9.16. The molecule has 0 fully saturated rings. The van der Waals surface area contributed by atoms with E-state index in [9.17, 15) is 20.4 Å². The normalized spacial score (nSPS) is 13.5. The maximum Gasteiger partial charge on any atom is 0.266 e. The van der Waals surface area contributed by atoms with Crippen molar-refractivity contribution in [3.05, 3.63) is 224 Å². The fraction of sp³-hybridized carbons (Fsp3) is 0.250. The van der Waals surface area contributed by atoms with Crippen LogP contribution >= 0.6 is 0 Å². The van der Waals surface area contributed by atoms with Gasteiger partial charge in [0.1, 0.15) is 0 Å². The van der Waals surface area contributed by atoms with Gasteiger partial charge in [0.25, 0.3) is 23.6 Å². The zero-order chi connectivity index (χ0) is 63.1. The number of aliphatic hydroxyl groups excluding tert-OH is 4. The Morgan fingerprint density at radius 3 is 0.678 bits per heavy atom. The number of hydrogen-bond donors (Lipinski definition) is 4. The third-order valence-electron chi connectivity index (χ3n) is 18.8. The average Bonchev–Trinajstić information content (AvgIpc) is 0.668. The summed E-state index contributed by atoms with van der Waals surface area (Å²) in [5.41, 5.74) is 15.4. The maximum atomic E-state index is 16.5. The minimum atomic E-state index is -0.464. The summed E-state index contributed by atoms with van der Waals surface area (Å²) in [6.07, 6.45) is 1.69. The van der Waals surface area contributed by atoms with Gasteiger partial charge in [-0.15, -0.1) is 0 Å². The number of anilines is 2.